The number of benzene rings is 1. The molecule has 3 rings (SSSR count). The summed E-state index contributed by atoms with van der Waals surface area (Å²) in [7, 11) is -3.51. The first-order valence-corrected chi connectivity index (χ1v) is 11.4. The van der Waals surface area contributed by atoms with Crippen LogP contribution in [0.25, 0.3) is 0 Å². The van der Waals surface area contributed by atoms with Crippen LogP contribution in [-0.2, 0) is 14.9 Å². The van der Waals surface area contributed by atoms with Crippen LogP contribution in [-0.4, -0.2) is 58.8 Å². The van der Waals surface area contributed by atoms with Crippen LogP contribution in [0, 0.1) is 0 Å². The predicted molar refractivity (Wildman–Crippen MR) is 105 cm³/mol. The Morgan fingerprint density at radius 3 is 2.48 bits per heavy atom. The van der Waals surface area contributed by atoms with Crippen LogP contribution >= 0.6 is 0 Å². The van der Waals surface area contributed by atoms with Crippen molar-refractivity contribution in [2.45, 2.75) is 44.7 Å². The summed E-state index contributed by atoms with van der Waals surface area (Å²) in [6, 6.07) is 7.95. The van der Waals surface area contributed by atoms with Gasteiger partial charge in [-0.05, 0) is 37.5 Å². The van der Waals surface area contributed by atoms with Gasteiger partial charge in [0.2, 0.25) is 0 Å². The predicted octanol–water partition coefficient (Wildman–Crippen LogP) is 1.83. The van der Waals surface area contributed by atoms with E-state index >= 15 is 0 Å². The summed E-state index contributed by atoms with van der Waals surface area (Å²) in [6.07, 6.45) is 4.03. The number of hydrogen-bond acceptors (Lipinski definition) is 5. The maximum atomic E-state index is 12.5. The molecule has 2 aliphatic rings. The Kier molecular flexibility index (Phi) is 7.49. The summed E-state index contributed by atoms with van der Waals surface area (Å²) in [5.74, 6) is 0.824. The lowest BCUT2D eigenvalue weighted by atomic mass is 10.0. The molecule has 1 aromatic carbocycles. The molecular weight excluding hydrogens is 366 g/mol. The number of ether oxygens (including phenoxy) is 2. The van der Waals surface area contributed by atoms with Gasteiger partial charge in [0.15, 0.2) is 0 Å². The van der Waals surface area contributed by atoms with E-state index < -0.39 is 10.2 Å². The van der Waals surface area contributed by atoms with E-state index in [0.717, 1.165) is 50.1 Å². The highest BCUT2D eigenvalue weighted by Crippen LogP contribution is 2.24. The van der Waals surface area contributed by atoms with Gasteiger partial charge in [-0.1, -0.05) is 25.0 Å². The summed E-state index contributed by atoms with van der Waals surface area (Å²) in [4.78, 5) is 2.28. The topological polar surface area (TPSA) is 79.9 Å². The lowest BCUT2D eigenvalue weighted by Crippen LogP contribution is -2.47. The molecule has 2 fully saturated rings. The Hall–Kier alpha value is -1.19. The van der Waals surface area contributed by atoms with Gasteiger partial charge < -0.3 is 9.47 Å². The fraction of sp³-hybridized carbons (Fsp3) is 0.684. The van der Waals surface area contributed by atoms with E-state index in [1.165, 1.54) is 0 Å². The van der Waals surface area contributed by atoms with Crippen LogP contribution in [0.5, 0.6) is 5.75 Å². The molecule has 0 spiro atoms. The third-order valence-corrected chi connectivity index (χ3v) is 6.40. The molecule has 0 radical (unpaired) electrons. The zero-order valence-corrected chi connectivity index (χ0v) is 16.8. The molecule has 0 bridgehead atoms. The van der Waals surface area contributed by atoms with Gasteiger partial charge in [-0.15, -0.1) is 0 Å². The molecule has 27 heavy (non-hydrogen) atoms. The molecule has 1 aliphatic heterocycles. The summed E-state index contributed by atoms with van der Waals surface area (Å²) < 4.78 is 41.5. The van der Waals surface area contributed by atoms with Crippen LogP contribution in [0.4, 0.5) is 0 Å². The molecule has 1 saturated carbocycles. The van der Waals surface area contributed by atoms with Gasteiger partial charge in [-0.2, -0.15) is 13.1 Å². The molecular formula is C19H31N3O4S. The second kappa shape index (κ2) is 9.84. The van der Waals surface area contributed by atoms with Crippen LogP contribution in [0.1, 0.15) is 44.2 Å². The van der Waals surface area contributed by atoms with Gasteiger partial charge in [0, 0.05) is 31.7 Å². The Morgan fingerprint density at radius 1 is 1.19 bits per heavy atom. The van der Waals surface area contributed by atoms with Gasteiger partial charge in [-0.3, -0.25) is 4.90 Å². The molecule has 1 unspecified atom stereocenters. The standard InChI is InChI=1S/C19H31N3O4S/c1-2-26-18-9-7-16(8-10-18)19(22-11-13-25-14-12-22)15-20-27(23,24)21-17-5-3-4-6-17/h7-10,17,19-21H,2-6,11-15H2,1H3. The molecule has 1 aromatic rings. The minimum absolute atomic E-state index is 0.0373. The fourth-order valence-electron chi connectivity index (χ4n) is 3.79. The van der Waals surface area contributed by atoms with E-state index in [-0.39, 0.29) is 12.1 Å². The van der Waals surface area contributed by atoms with Gasteiger partial charge in [-0.25, -0.2) is 4.72 Å². The summed E-state index contributed by atoms with van der Waals surface area (Å²) in [5.41, 5.74) is 1.07. The quantitative estimate of drug-likeness (QED) is 0.665. The Morgan fingerprint density at radius 2 is 1.85 bits per heavy atom. The third-order valence-electron chi connectivity index (χ3n) is 5.21. The summed E-state index contributed by atoms with van der Waals surface area (Å²) >= 11 is 0. The first-order valence-electron chi connectivity index (χ1n) is 9.89. The van der Waals surface area contributed by atoms with Crippen molar-refractivity contribution in [1.82, 2.24) is 14.3 Å². The van der Waals surface area contributed by atoms with E-state index in [2.05, 4.69) is 14.3 Å². The summed E-state index contributed by atoms with van der Waals surface area (Å²) in [6.45, 7) is 5.82. The number of rotatable bonds is 9. The summed E-state index contributed by atoms with van der Waals surface area (Å²) in [5, 5.41) is 0. The van der Waals surface area contributed by atoms with E-state index in [1.807, 2.05) is 31.2 Å². The molecule has 0 amide bonds. The maximum absolute atomic E-state index is 12.5. The largest absolute Gasteiger partial charge is 0.494 e. The van der Waals surface area contributed by atoms with Crippen LogP contribution in [0.3, 0.4) is 0 Å². The van der Waals surface area contributed by atoms with Crippen molar-refractivity contribution in [2.75, 3.05) is 39.5 Å². The van der Waals surface area contributed by atoms with Gasteiger partial charge >= 0.3 is 0 Å². The van der Waals surface area contributed by atoms with E-state index in [9.17, 15) is 8.42 Å². The number of hydrogen-bond donors (Lipinski definition) is 2. The lowest BCUT2D eigenvalue weighted by Gasteiger charge is -2.35. The van der Waals surface area contributed by atoms with Crippen LogP contribution in [0.15, 0.2) is 24.3 Å². The van der Waals surface area contributed by atoms with Crippen molar-refractivity contribution in [3.05, 3.63) is 29.8 Å². The second-order valence-electron chi connectivity index (χ2n) is 7.12. The van der Waals surface area contributed by atoms with Gasteiger partial charge in [0.05, 0.1) is 19.8 Å². The minimum atomic E-state index is -3.51. The van der Waals surface area contributed by atoms with Crippen molar-refractivity contribution in [1.29, 1.82) is 0 Å². The van der Waals surface area contributed by atoms with Crippen molar-refractivity contribution >= 4 is 10.2 Å². The highest BCUT2D eigenvalue weighted by Gasteiger charge is 2.26. The first kappa shape index (κ1) is 20.5. The molecule has 1 saturated heterocycles. The average Bonchev–Trinajstić information content (AvgIpc) is 3.16. The van der Waals surface area contributed by atoms with Crippen molar-refractivity contribution in [2.24, 2.45) is 0 Å². The Bertz CT molecular complexity index is 669. The molecule has 1 heterocycles. The van der Waals surface area contributed by atoms with Crippen molar-refractivity contribution in [3.63, 3.8) is 0 Å². The monoisotopic (exact) mass is 397 g/mol. The average molecular weight is 398 g/mol. The zero-order chi connectivity index (χ0) is 19.1. The van der Waals surface area contributed by atoms with E-state index in [1.54, 1.807) is 0 Å². The third kappa shape index (κ3) is 6.15. The van der Waals surface area contributed by atoms with Crippen LogP contribution < -0.4 is 14.2 Å². The molecule has 2 N–H and O–H groups in total. The lowest BCUT2D eigenvalue weighted by molar-refractivity contribution is 0.0171. The highest BCUT2D eigenvalue weighted by atomic mass is 32.2. The van der Waals surface area contributed by atoms with Crippen molar-refractivity contribution < 1.29 is 17.9 Å². The molecule has 8 heteroatoms. The maximum Gasteiger partial charge on any atom is 0.277 e. The Labute approximate surface area is 162 Å². The zero-order valence-electron chi connectivity index (χ0n) is 16.0. The smallest absolute Gasteiger partial charge is 0.277 e. The van der Waals surface area contributed by atoms with Crippen molar-refractivity contribution in [3.8, 4) is 5.75 Å². The molecule has 7 nitrogen and oxygen atoms in total. The molecule has 152 valence electrons. The second-order valence-corrected chi connectivity index (χ2v) is 8.65. The Balaban J connectivity index is 1.67. The van der Waals surface area contributed by atoms with Crippen LogP contribution in [0.2, 0.25) is 0 Å². The number of nitrogens with zero attached hydrogens (tertiary/aromatic N) is 1. The fourth-order valence-corrected chi connectivity index (χ4v) is 4.93. The van der Waals surface area contributed by atoms with E-state index in [0.29, 0.717) is 26.4 Å². The normalized spacial score (nSPS) is 20.6. The van der Waals surface area contributed by atoms with Gasteiger partial charge in [0.25, 0.3) is 10.2 Å². The molecule has 0 aromatic heterocycles. The van der Waals surface area contributed by atoms with E-state index in [4.69, 9.17) is 9.47 Å². The molecule has 1 aliphatic carbocycles. The highest BCUT2D eigenvalue weighted by molar-refractivity contribution is 7.87. The first-order chi connectivity index (χ1) is 13.1. The minimum Gasteiger partial charge on any atom is -0.494 e. The number of nitrogens with one attached hydrogen (secondary N) is 2. The van der Waals surface area contributed by atoms with Gasteiger partial charge in [0.1, 0.15) is 5.75 Å². The number of morpholine rings is 1. The SMILES string of the molecule is CCOc1ccc(C(CNS(=O)(=O)NC2CCCC2)N2CCOCC2)cc1. The molecule has 1 atom stereocenters.